The van der Waals surface area contributed by atoms with E-state index in [1.54, 1.807) is 12.1 Å². The molecule has 0 N–H and O–H groups in total. The maximum absolute atomic E-state index is 12.0. The molecule has 0 bridgehead atoms. The van der Waals surface area contributed by atoms with Gasteiger partial charge in [-0.1, -0.05) is 11.6 Å². The van der Waals surface area contributed by atoms with Gasteiger partial charge in [0.25, 0.3) is 0 Å². The van der Waals surface area contributed by atoms with Crippen molar-refractivity contribution in [3.05, 3.63) is 59.0 Å². The number of carbonyl (C=O) groups is 3. The first-order valence-electron chi connectivity index (χ1n) is 6.07. The Morgan fingerprint density at radius 1 is 1.14 bits per heavy atom. The van der Waals surface area contributed by atoms with Crippen LogP contribution in [0, 0.1) is 0 Å². The molecule has 21 heavy (non-hydrogen) atoms. The molecule has 2 rings (SSSR count). The molecule has 0 aliphatic heterocycles. The lowest BCUT2D eigenvalue weighted by atomic mass is 10.1. The van der Waals surface area contributed by atoms with Crippen molar-refractivity contribution < 1.29 is 23.5 Å². The fourth-order valence-corrected chi connectivity index (χ4v) is 1.75. The first-order valence-corrected chi connectivity index (χ1v) is 6.45. The minimum Gasteiger partial charge on any atom is -0.461 e. The van der Waals surface area contributed by atoms with Gasteiger partial charge in [-0.15, -0.1) is 0 Å². The van der Waals surface area contributed by atoms with Gasteiger partial charge in [-0.05, 0) is 43.3 Å². The number of benzene rings is 1. The van der Waals surface area contributed by atoms with E-state index in [1.807, 2.05) is 0 Å². The molecule has 0 saturated heterocycles. The van der Waals surface area contributed by atoms with Crippen molar-refractivity contribution in [1.29, 1.82) is 0 Å². The van der Waals surface area contributed by atoms with Crippen LogP contribution in [0.25, 0.3) is 0 Å². The summed E-state index contributed by atoms with van der Waals surface area (Å²) < 4.78 is 9.66. The average Bonchev–Trinajstić information content (AvgIpc) is 3.00. The van der Waals surface area contributed by atoms with Gasteiger partial charge in [0.15, 0.2) is 11.9 Å². The number of furan rings is 1. The summed E-state index contributed by atoms with van der Waals surface area (Å²) in [5.74, 6) is -2.63. The number of hydrogen-bond donors (Lipinski definition) is 0. The number of ketones is 2. The number of hydrogen-bond acceptors (Lipinski definition) is 5. The molecule has 1 atom stereocenters. The van der Waals surface area contributed by atoms with Gasteiger partial charge in [0.05, 0.1) is 6.26 Å². The summed E-state index contributed by atoms with van der Waals surface area (Å²) in [4.78, 5) is 35.3. The second kappa shape index (κ2) is 6.37. The zero-order chi connectivity index (χ0) is 15.4. The van der Waals surface area contributed by atoms with Crippen molar-refractivity contribution in [2.75, 3.05) is 0 Å². The molecule has 0 aliphatic carbocycles. The molecule has 1 aromatic heterocycles. The van der Waals surface area contributed by atoms with Gasteiger partial charge < -0.3 is 9.15 Å². The summed E-state index contributed by atoms with van der Waals surface area (Å²) in [6.07, 6.45) is 0.181. The third kappa shape index (κ3) is 3.58. The van der Waals surface area contributed by atoms with Crippen molar-refractivity contribution in [1.82, 2.24) is 0 Å². The van der Waals surface area contributed by atoms with Crippen molar-refractivity contribution >= 4 is 29.1 Å². The molecule has 6 heteroatoms. The highest BCUT2D eigenvalue weighted by Crippen LogP contribution is 2.13. The Labute approximate surface area is 125 Å². The van der Waals surface area contributed by atoms with E-state index < -0.39 is 23.6 Å². The number of ether oxygens (including phenoxy) is 1. The zero-order valence-electron chi connectivity index (χ0n) is 11.0. The third-order valence-electron chi connectivity index (χ3n) is 2.71. The zero-order valence-corrected chi connectivity index (χ0v) is 11.8. The van der Waals surface area contributed by atoms with Gasteiger partial charge in [0.1, 0.15) is 0 Å². The van der Waals surface area contributed by atoms with E-state index in [-0.39, 0.29) is 5.76 Å². The molecule has 1 heterocycles. The van der Waals surface area contributed by atoms with Gasteiger partial charge in [-0.3, -0.25) is 9.59 Å². The predicted octanol–water partition coefficient (Wildman–Crippen LogP) is 2.93. The van der Waals surface area contributed by atoms with Crippen LogP contribution in [0.3, 0.4) is 0 Å². The van der Waals surface area contributed by atoms with Crippen LogP contribution in [0.5, 0.6) is 0 Å². The van der Waals surface area contributed by atoms with E-state index in [9.17, 15) is 14.4 Å². The van der Waals surface area contributed by atoms with Gasteiger partial charge in [0.2, 0.25) is 5.78 Å². The first kappa shape index (κ1) is 15.0. The third-order valence-corrected chi connectivity index (χ3v) is 2.96. The summed E-state index contributed by atoms with van der Waals surface area (Å²) in [7, 11) is 0. The lowest BCUT2D eigenvalue weighted by Gasteiger charge is -2.11. The second-order valence-electron chi connectivity index (χ2n) is 4.23. The highest BCUT2D eigenvalue weighted by molar-refractivity contribution is 6.40. The van der Waals surface area contributed by atoms with E-state index in [4.69, 9.17) is 20.8 Å². The maximum atomic E-state index is 12.0. The molecular weight excluding hydrogens is 296 g/mol. The summed E-state index contributed by atoms with van der Waals surface area (Å²) in [6, 6.07) is 8.96. The number of halogens is 1. The van der Waals surface area contributed by atoms with Crippen molar-refractivity contribution in [2.24, 2.45) is 0 Å². The van der Waals surface area contributed by atoms with Crippen LogP contribution < -0.4 is 0 Å². The van der Waals surface area contributed by atoms with Crippen molar-refractivity contribution in [3.63, 3.8) is 0 Å². The molecule has 0 amide bonds. The highest BCUT2D eigenvalue weighted by atomic mass is 35.5. The Bertz CT molecular complexity index is 658. The molecule has 108 valence electrons. The predicted molar refractivity (Wildman–Crippen MR) is 74.4 cm³/mol. The van der Waals surface area contributed by atoms with Crippen LogP contribution >= 0.6 is 11.6 Å². The molecule has 0 spiro atoms. The van der Waals surface area contributed by atoms with Gasteiger partial charge in [0, 0.05) is 10.6 Å². The molecule has 1 aromatic carbocycles. The van der Waals surface area contributed by atoms with Crippen LogP contribution in [-0.4, -0.2) is 23.6 Å². The number of esters is 1. The Balaban J connectivity index is 2.02. The summed E-state index contributed by atoms with van der Waals surface area (Å²) in [5.41, 5.74) is 0.338. The summed E-state index contributed by atoms with van der Waals surface area (Å²) in [5, 5.41) is 0.490. The van der Waals surface area contributed by atoms with Crippen molar-refractivity contribution in [3.8, 4) is 0 Å². The number of carbonyl (C=O) groups excluding carboxylic acids is 3. The Hall–Kier alpha value is -2.40. The fraction of sp³-hybridized carbons (Fsp3) is 0.133. The van der Waals surface area contributed by atoms with Crippen LogP contribution in [0.1, 0.15) is 27.8 Å². The molecule has 0 saturated carbocycles. The number of Topliss-reactive ketones (excluding diaryl/α,β-unsaturated/α-hetero) is 2. The van der Waals surface area contributed by atoms with Gasteiger partial charge >= 0.3 is 11.8 Å². The molecule has 0 radical (unpaired) electrons. The van der Waals surface area contributed by atoms with Crippen LogP contribution in [0.4, 0.5) is 0 Å². The van der Waals surface area contributed by atoms with Crippen molar-refractivity contribution in [2.45, 2.75) is 13.0 Å². The smallest absolute Gasteiger partial charge is 0.383 e. The average molecular weight is 307 g/mol. The lowest BCUT2D eigenvalue weighted by molar-refractivity contribution is -0.140. The van der Waals surface area contributed by atoms with Gasteiger partial charge in [-0.2, -0.15) is 0 Å². The normalized spacial score (nSPS) is 11.7. The molecular formula is C15H11ClO5. The number of rotatable bonds is 5. The first-order chi connectivity index (χ1) is 9.99. The molecule has 0 aliphatic rings. The quantitative estimate of drug-likeness (QED) is 0.482. The van der Waals surface area contributed by atoms with Gasteiger partial charge in [-0.25, -0.2) is 4.79 Å². The molecule has 1 unspecified atom stereocenters. The topological polar surface area (TPSA) is 73.6 Å². The van der Waals surface area contributed by atoms with E-state index >= 15 is 0 Å². The largest absolute Gasteiger partial charge is 0.461 e. The second-order valence-corrected chi connectivity index (χ2v) is 4.66. The Morgan fingerprint density at radius 2 is 1.81 bits per heavy atom. The van der Waals surface area contributed by atoms with Crippen LogP contribution in [0.2, 0.25) is 5.02 Å². The molecule has 0 fully saturated rings. The Morgan fingerprint density at radius 3 is 2.38 bits per heavy atom. The minimum atomic E-state index is -1.14. The highest BCUT2D eigenvalue weighted by Gasteiger charge is 2.26. The fourth-order valence-electron chi connectivity index (χ4n) is 1.62. The van der Waals surface area contributed by atoms with E-state index in [0.717, 1.165) is 0 Å². The van der Waals surface area contributed by atoms with Crippen LogP contribution in [0.15, 0.2) is 47.1 Å². The summed E-state index contributed by atoms with van der Waals surface area (Å²) >= 11 is 5.73. The monoisotopic (exact) mass is 306 g/mol. The van der Waals surface area contributed by atoms with Crippen LogP contribution in [-0.2, 0) is 9.53 Å². The molecule has 5 nitrogen and oxygen atoms in total. The summed E-state index contributed by atoms with van der Waals surface area (Å²) in [6.45, 7) is 1.39. The van der Waals surface area contributed by atoms with E-state index in [2.05, 4.69) is 0 Å². The standard InChI is InChI=1S/C15H11ClO5/c1-9(13(17)10-4-6-11(16)7-5-10)21-15(19)14(18)12-3-2-8-20-12/h2-9H,1H3. The van der Waals surface area contributed by atoms with E-state index in [0.29, 0.717) is 10.6 Å². The van der Waals surface area contributed by atoms with E-state index in [1.165, 1.54) is 37.5 Å². The lowest BCUT2D eigenvalue weighted by Crippen LogP contribution is -2.28. The molecule has 2 aromatic rings. The maximum Gasteiger partial charge on any atom is 0.383 e. The SMILES string of the molecule is CC(OC(=O)C(=O)c1ccco1)C(=O)c1ccc(Cl)cc1. The minimum absolute atomic E-state index is 0.133. The Kier molecular flexibility index (Phi) is 4.55.